The molecule has 0 spiro atoms. The Balaban J connectivity index is 2.31. The van der Waals surface area contributed by atoms with E-state index in [4.69, 9.17) is 0 Å². The van der Waals surface area contributed by atoms with Crippen molar-refractivity contribution < 1.29 is 17.6 Å². The zero-order valence-electron chi connectivity index (χ0n) is 12.3. The molecule has 2 nitrogen and oxygen atoms in total. The van der Waals surface area contributed by atoms with E-state index in [0.29, 0.717) is 18.4 Å². The van der Waals surface area contributed by atoms with Crippen LogP contribution in [0, 0.1) is 5.82 Å². The number of alkyl halides is 3. The molecule has 22 heavy (non-hydrogen) atoms. The van der Waals surface area contributed by atoms with E-state index in [1.165, 1.54) is 6.07 Å². The minimum Gasteiger partial charge on any atom is -0.314 e. The van der Waals surface area contributed by atoms with Crippen molar-refractivity contribution in [1.29, 1.82) is 0 Å². The van der Waals surface area contributed by atoms with E-state index in [1.807, 2.05) is 0 Å². The highest BCUT2D eigenvalue weighted by molar-refractivity contribution is 5.29. The quantitative estimate of drug-likeness (QED) is 0.657. The van der Waals surface area contributed by atoms with E-state index < -0.39 is 17.6 Å². The van der Waals surface area contributed by atoms with E-state index in [1.54, 1.807) is 6.08 Å². The predicted molar refractivity (Wildman–Crippen MR) is 78.0 cm³/mol. The first-order valence-corrected chi connectivity index (χ1v) is 7.36. The number of benzene rings is 1. The zero-order valence-corrected chi connectivity index (χ0v) is 12.3. The highest BCUT2D eigenvalue weighted by Gasteiger charge is 2.35. The summed E-state index contributed by atoms with van der Waals surface area (Å²) in [6.07, 6.45) is -1.55. The molecule has 0 bridgehead atoms. The summed E-state index contributed by atoms with van der Waals surface area (Å²) in [4.78, 5) is 2.15. The van der Waals surface area contributed by atoms with Crippen LogP contribution in [0.15, 0.2) is 30.9 Å². The highest BCUT2D eigenvalue weighted by atomic mass is 19.4. The molecular formula is C16H20F4N2. The molecule has 0 saturated carbocycles. The molecule has 1 aliphatic rings. The number of hydrogen-bond donors (Lipinski definition) is 1. The minimum atomic E-state index is -4.67. The summed E-state index contributed by atoms with van der Waals surface area (Å²) >= 11 is 0. The van der Waals surface area contributed by atoms with Gasteiger partial charge in [0.15, 0.2) is 0 Å². The standard InChI is InChI=1S/C16H20F4N2/c1-2-3-4-15(22-9-7-21-8-10-22)12-5-6-14(17)13(11-12)16(18,19)20/h2,5-6,11,15,21H,1,3-4,7-10H2/t15-/m0/s1. The number of halogens is 4. The fourth-order valence-electron chi connectivity index (χ4n) is 2.80. The van der Waals surface area contributed by atoms with Crippen LogP contribution in [0.3, 0.4) is 0 Å². The first kappa shape index (κ1) is 17.0. The zero-order chi connectivity index (χ0) is 16.2. The maximum Gasteiger partial charge on any atom is 0.419 e. The van der Waals surface area contributed by atoms with E-state index >= 15 is 0 Å². The van der Waals surface area contributed by atoms with Gasteiger partial charge in [-0.1, -0.05) is 12.1 Å². The lowest BCUT2D eigenvalue weighted by atomic mass is 9.97. The molecule has 1 saturated heterocycles. The fourth-order valence-corrected chi connectivity index (χ4v) is 2.80. The molecule has 1 heterocycles. The summed E-state index contributed by atoms with van der Waals surface area (Å²) in [6.45, 7) is 6.81. The van der Waals surface area contributed by atoms with Gasteiger partial charge in [0.05, 0.1) is 5.56 Å². The molecule has 1 aliphatic heterocycles. The van der Waals surface area contributed by atoms with Crippen LogP contribution < -0.4 is 5.32 Å². The van der Waals surface area contributed by atoms with Crippen molar-refractivity contribution in [3.05, 3.63) is 47.8 Å². The predicted octanol–water partition coefficient (Wildman–Crippen LogP) is 3.76. The van der Waals surface area contributed by atoms with Crippen molar-refractivity contribution in [3.63, 3.8) is 0 Å². The second-order valence-electron chi connectivity index (χ2n) is 5.40. The van der Waals surface area contributed by atoms with E-state index in [9.17, 15) is 17.6 Å². The Morgan fingerprint density at radius 2 is 1.95 bits per heavy atom. The number of nitrogens with one attached hydrogen (secondary N) is 1. The topological polar surface area (TPSA) is 15.3 Å². The van der Waals surface area contributed by atoms with Crippen LogP contribution in [0.5, 0.6) is 0 Å². The molecule has 1 fully saturated rings. The van der Waals surface area contributed by atoms with Gasteiger partial charge in [0, 0.05) is 32.2 Å². The van der Waals surface area contributed by atoms with Gasteiger partial charge >= 0.3 is 6.18 Å². The lowest BCUT2D eigenvalue weighted by molar-refractivity contribution is -0.140. The van der Waals surface area contributed by atoms with Gasteiger partial charge in [-0.05, 0) is 30.5 Å². The third kappa shape index (κ3) is 4.08. The van der Waals surface area contributed by atoms with Crippen molar-refractivity contribution in [2.24, 2.45) is 0 Å². The Hall–Kier alpha value is -1.40. The van der Waals surface area contributed by atoms with Crippen molar-refractivity contribution in [3.8, 4) is 0 Å². The smallest absolute Gasteiger partial charge is 0.314 e. The number of hydrogen-bond acceptors (Lipinski definition) is 2. The Kier molecular flexibility index (Phi) is 5.58. The fraction of sp³-hybridized carbons (Fsp3) is 0.500. The first-order valence-electron chi connectivity index (χ1n) is 7.36. The van der Waals surface area contributed by atoms with Crippen LogP contribution in [0.2, 0.25) is 0 Å². The second-order valence-corrected chi connectivity index (χ2v) is 5.40. The lowest BCUT2D eigenvalue weighted by Gasteiger charge is -2.35. The van der Waals surface area contributed by atoms with Crippen LogP contribution in [-0.4, -0.2) is 31.1 Å². The van der Waals surface area contributed by atoms with Gasteiger partial charge in [-0.25, -0.2) is 4.39 Å². The van der Waals surface area contributed by atoms with Gasteiger partial charge in [0.2, 0.25) is 0 Å². The Morgan fingerprint density at radius 1 is 1.27 bits per heavy atom. The van der Waals surface area contributed by atoms with Crippen LogP contribution >= 0.6 is 0 Å². The van der Waals surface area contributed by atoms with Crippen LogP contribution in [0.1, 0.15) is 30.0 Å². The molecule has 1 N–H and O–H groups in total. The third-order valence-electron chi connectivity index (χ3n) is 3.92. The summed E-state index contributed by atoms with van der Waals surface area (Å²) in [5, 5.41) is 3.22. The van der Waals surface area contributed by atoms with E-state index in [-0.39, 0.29) is 6.04 Å². The molecule has 0 radical (unpaired) electrons. The van der Waals surface area contributed by atoms with Gasteiger partial charge in [0.25, 0.3) is 0 Å². The summed E-state index contributed by atoms with van der Waals surface area (Å²) in [7, 11) is 0. The van der Waals surface area contributed by atoms with Crippen LogP contribution in [-0.2, 0) is 6.18 Å². The van der Waals surface area contributed by atoms with Gasteiger partial charge in [0.1, 0.15) is 5.82 Å². The molecule has 6 heteroatoms. The largest absolute Gasteiger partial charge is 0.419 e. The molecule has 1 atom stereocenters. The maximum atomic E-state index is 13.5. The number of allylic oxidation sites excluding steroid dienone is 1. The highest BCUT2D eigenvalue weighted by Crippen LogP contribution is 2.35. The number of piperazine rings is 1. The normalized spacial score (nSPS) is 18.2. The van der Waals surface area contributed by atoms with Crippen molar-refractivity contribution >= 4 is 0 Å². The van der Waals surface area contributed by atoms with Gasteiger partial charge in [-0.15, -0.1) is 6.58 Å². The SMILES string of the molecule is C=CCC[C@@H](c1ccc(F)c(C(F)(F)F)c1)N1CCNCC1. The molecule has 0 aliphatic carbocycles. The maximum absolute atomic E-state index is 13.5. The molecule has 0 amide bonds. The van der Waals surface area contributed by atoms with Gasteiger partial charge in [-0.2, -0.15) is 13.2 Å². The Bertz CT molecular complexity index is 507. The average Bonchev–Trinajstić information content (AvgIpc) is 2.49. The van der Waals surface area contributed by atoms with Gasteiger partial charge in [-0.3, -0.25) is 4.90 Å². The van der Waals surface area contributed by atoms with E-state index in [2.05, 4.69) is 16.8 Å². The van der Waals surface area contributed by atoms with Crippen LogP contribution in [0.4, 0.5) is 17.6 Å². The van der Waals surface area contributed by atoms with Crippen LogP contribution in [0.25, 0.3) is 0 Å². The molecular weight excluding hydrogens is 296 g/mol. The average molecular weight is 316 g/mol. The van der Waals surface area contributed by atoms with Crippen molar-refractivity contribution in [2.45, 2.75) is 25.1 Å². The number of nitrogens with zero attached hydrogens (tertiary/aromatic N) is 1. The molecule has 1 aromatic rings. The van der Waals surface area contributed by atoms with E-state index in [0.717, 1.165) is 38.3 Å². The Morgan fingerprint density at radius 3 is 2.55 bits per heavy atom. The summed E-state index contributed by atoms with van der Waals surface area (Å²) in [5.74, 6) is -1.22. The van der Waals surface area contributed by atoms with Crippen molar-refractivity contribution in [1.82, 2.24) is 10.2 Å². The first-order chi connectivity index (χ1) is 10.4. The molecule has 0 aromatic heterocycles. The monoisotopic (exact) mass is 316 g/mol. The van der Waals surface area contributed by atoms with Crippen molar-refractivity contribution in [2.75, 3.05) is 26.2 Å². The summed E-state index contributed by atoms with van der Waals surface area (Å²) in [6, 6.07) is 3.18. The molecule has 122 valence electrons. The summed E-state index contributed by atoms with van der Waals surface area (Å²) < 4.78 is 52.2. The second kappa shape index (κ2) is 7.24. The minimum absolute atomic E-state index is 0.151. The third-order valence-corrected chi connectivity index (χ3v) is 3.92. The summed E-state index contributed by atoms with van der Waals surface area (Å²) in [5.41, 5.74) is -0.679. The molecule has 0 unspecified atom stereocenters. The molecule has 2 rings (SSSR count). The Labute approximate surface area is 127 Å². The van der Waals surface area contributed by atoms with Gasteiger partial charge < -0.3 is 5.32 Å². The number of rotatable bonds is 5. The lowest BCUT2D eigenvalue weighted by Crippen LogP contribution is -2.45. The molecule has 1 aromatic carbocycles.